The molecule has 4 heteroatoms. The van der Waals surface area contributed by atoms with Gasteiger partial charge in [0.15, 0.2) is 6.17 Å². The van der Waals surface area contributed by atoms with Gasteiger partial charge in [-0.3, -0.25) is 0 Å². The molecule has 0 fully saturated rings. The zero-order chi connectivity index (χ0) is 31.8. The second kappa shape index (κ2) is 10.1. The molecule has 1 atom stereocenters. The minimum absolute atomic E-state index is 0.468. The summed E-state index contributed by atoms with van der Waals surface area (Å²) in [6, 6.07) is 55.9. The number of rotatable bonds is 3. The van der Waals surface area contributed by atoms with Gasteiger partial charge >= 0.3 is 0 Å². The summed E-state index contributed by atoms with van der Waals surface area (Å²) in [5, 5.41) is 5.93. The molecule has 0 radical (unpaired) electrons. The van der Waals surface area contributed by atoms with Gasteiger partial charge in [-0.2, -0.15) is 0 Å². The molecule has 0 bridgehead atoms. The van der Waals surface area contributed by atoms with Gasteiger partial charge in [0.2, 0.25) is 0 Å². The van der Waals surface area contributed by atoms with E-state index in [1.54, 1.807) is 0 Å². The number of benzene rings is 7. The van der Waals surface area contributed by atoms with E-state index in [4.69, 9.17) is 15.7 Å². The number of nitrogens with one attached hydrogen (secondary N) is 1. The first-order valence-electron chi connectivity index (χ1n) is 16.4. The van der Waals surface area contributed by atoms with Gasteiger partial charge in [-0.25, -0.2) is 9.98 Å². The summed E-state index contributed by atoms with van der Waals surface area (Å²) in [5.74, 6) is 1.61. The van der Waals surface area contributed by atoms with Crippen molar-refractivity contribution >= 4 is 28.1 Å². The maximum Gasteiger partial charge on any atom is 0.170 e. The lowest BCUT2D eigenvalue weighted by Crippen LogP contribution is -2.36. The highest BCUT2D eigenvalue weighted by molar-refractivity contribution is 6.16. The van der Waals surface area contributed by atoms with Crippen LogP contribution in [0.1, 0.15) is 45.1 Å². The average Bonchev–Trinajstić information content (AvgIpc) is 3.63. The van der Waals surface area contributed by atoms with E-state index in [1.165, 1.54) is 44.3 Å². The molecule has 4 nitrogen and oxygen atoms in total. The molecule has 1 unspecified atom stereocenters. The number of nitrogens with zero attached hydrogens (tertiary/aromatic N) is 2. The standard InChI is InChI=1S/C44H30N4/c45-38-25-13-24-36-40(38)32-21-10-12-23-35(32)44(36)34-22-11-9-20-31(34)39-30-19-8-7-18-29(30)33(26-37(39)44)43-47-41(27-14-3-1-4-15-27)46-42(48-43)28-16-5-2-6-17-28/h1-26,43H,45H2,(H,46,47,48). The molecular weight excluding hydrogens is 585 g/mol. The van der Waals surface area contributed by atoms with Gasteiger partial charge in [0.05, 0.1) is 5.41 Å². The van der Waals surface area contributed by atoms with Gasteiger partial charge in [-0.1, -0.05) is 146 Å². The molecule has 0 aromatic heterocycles. The summed E-state index contributed by atoms with van der Waals surface area (Å²) in [5.41, 5.74) is 20.1. The van der Waals surface area contributed by atoms with Crippen LogP contribution in [0.4, 0.5) is 5.69 Å². The second-order valence-corrected chi connectivity index (χ2v) is 12.7. The Morgan fingerprint density at radius 2 is 1.00 bits per heavy atom. The van der Waals surface area contributed by atoms with Gasteiger partial charge in [0, 0.05) is 27.9 Å². The first-order valence-corrected chi connectivity index (χ1v) is 16.4. The Balaban J connectivity index is 1.31. The largest absolute Gasteiger partial charge is 0.398 e. The third kappa shape index (κ3) is 3.60. The van der Waals surface area contributed by atoms with Gasteiger partial charge in [0.1, 0.15) is 11.7 Å². The third-order valence-corrected chi connectivity index (χ3v) is 10.3. The highest BCUT2D eigenvalue weighted by Gasteiger charge is 2.52. The predicted octanol–water partition coefficient (Wildman–Crippen LogP) is 9.26. The zero-order valence-electron chi connectivity index (χ0n) is 26.1. The van der Waals surface area contributed by atoms with E-state index >= 15 is 0 Å². The molecule has 1 spiro atoms. The number of anilines is 1. The summed E-state index contributed by atoms with van der Waals surface area (Å²) in [7, 11) is 0. The lowest BCUT2D eigenvalue weighted by Gasteiger charge is -2.31. The normalized spacial score (nSPS) is 17.2. The second-order valence-electron chi connectivity index (χ2n) is 12.7. The summed E-state index contributed by atoms with van der Waals surface area (Å²) in [4.78, 5) is 10.7. The van der Waals surface area contributed by atoms with E-state index in [2.05, 4.69) is 145 Å². The Bertz CT molecular complexity index is 2440. The number of hydrogen-bond acceptors (Lipinski definition) is 4. The quantitative estimate of drug-likeness (QED) is 0.195. The van der Waals surface area contributed by atoms with Crippen LogP contribution in [0, 0.1) is 0 Å². The van der Waals surface area contributed by atoms with Crippen molar-refractivity contribution in [2.24, 2.45) is 9.98 Å². The molecule has 0 saturated carbocycles. The molecule has 7 aromatic carbocycles. The Kier molecular flexibility index (Phi) is 5.67. The minimum Gasteiger partial charge on any atom is -0.398 e. The average molecular weight is 615 g/mol. The highest BCUT2D eigenvalue weighted by atomic mass is 15.2. The van der Waals surface area contributed by atoms with E-state index in [-0.39, 0.29) is 0 Å². The van der Waals surface area contributed by atoms with Crippen LogP contribution < -0.4 is 11.1 Å². The number of nitrogen functional groups attached to an aromatic ring is 1. The lowest BCUT2D eigenvalue weighted by molar-refractivity contribution is 0.750. The summed E-state index contributed by atoms with van der Waals surface area (Å²) in [6.07, 6.45) is -0.468. The number of fused-ring (bicyclic) bond motifs is 12. The van der Waals surface area contributed by atoms with Crippen molar-refractivity contribution in [3.8, 4) is 22.3 Å². The van der Waals surface area contributed by atoms with Crippen molar-refractivity contribution in [3.63, 3.8) is 0 Å². The number of amidine groups is 2. The highest BCUT2D eigenvalue weighted by Crippen LogP contribution is 2.65. The molecule has 3 aliphatic rings. The predicted molar refractivity (Wildman–Crippen MR) is 196 cm³/mol. The zero-order valence-corrected chi connectivity index (χ0v) is 26.1. The summed E-state index contributed by atoms with van der Waals surface area (Å²) in [6.45, 7) is 0. The fraction of sp³-hybridized carbons (Fsp3) is 0.0455. The fourth-order valence-electron chi connectivity index (χ4n) is 8.39. The van der Waals surface area contributed by atoms with Crippen LogP contribution in [0.2, 0.25) is 0 Å². The van der Waals surface area contributed by atoms with E-state index in [0.29, 0.717) is 0 Å². The topological polar surface area (TPSA) is 62.8 Å². The molecule has 0 amide bonds. The van der Waals surface area contributed by atoms with Crippen molar-refractivity contribution in [1.29, 1.82) is 0 Å². The van der Waals surface area contributed by atoms with Crippen LogP contribution in [0.5, 0.6) is 0 Å². The van der Waals surface area contributed by atoms with Gasteiger partial charge in [0.25, 0.3) is 0 Å². The van der Waals surface area contributed by atoms with Gasteiger partial charge in [-0.05, 0) is 61.8 Å². The Morgan fingerprint density at radius 3 is 1.65 bits per heavy atom. The third-order valence-electron chi connectivity index (χ3n) is 10.3. The van der Waals surface area contributed by atoms with Crippen LogP contribution in [0.15, 0.2) is 168 Å². The summed E-state index contributed by atoms with van der Waals surface area (Å²) >= 11 is 0. The van der Waals surface area contributed by atoms with Crippen molar-refractivity contribution in [2.45, 2.75) is 11.6 Å². The molecular formula is C44H30N4. The Labute approximate surface area is 279 Å². The van der Waals surface area contributed by atoms with Crippen molar-refractivity contribution in [3.05, 3.63) is 197 Å². The molecule has 3 N–H and O–H groups in total. The van der Waals surface area contributed by atoms with E-state index in [9.17, 15) is 0 Å². The Morgan fingerprint density at radius 1 is 0.479 bits per heavy atom. The molecule has 226 valence electrons. The Hall–Kier alpha value is -6.26. The molecule has 0 saturated heterocycles. The van der Waals surface area contributed by atoms with Gasteiger partial charge in [-0.15, -0.1) is 0 Å². The number of aliphatic imine (C=N–C) groups is 2. The van der Waals surface area contributed by atoms with Crippen LogP contribution in [0.3, 0.4) is 0 Å². The molecule has 48 heavy (non-hydrogen) atoms. The smallest absolute Gasteiger partial charge is 0.170 e. The first-order chi connectivity index (χ1) is 23.7. The van der Waals surface area contributed by atoms with Crippen molar-refractivity contribution in [2.75, 3.05) is 5.73 Å². The maximum absolute atomic E-state index is 6.81. The lowest BCUT2D eigenvalue weighted by atomic mass is 9.70. The first kappa shape index (κ1) is 26.9. The van der Waals surface area contributed by atoms with Crippen LogP contribution in [-0.4, -0.2) is 11.7 Å². The maximum atomic E-state index is 6.81. The van der Waals surface area contributed by atoms with Crippen LogP contribution >= 0.6 is 0 Å². The molecule has 7 aromatic rings. The molecule has 1 aliphatic heterocycles. The van der Waals surface area contributed by atoms with Crippen LogP contribution in [-0.2, 0) is 5.41 Å². The SMILES string of the molecule is Nc1cccc2c1-c1ccccc1C21c2ccccc2-c2c1cc(C1N=C(c3ccccc3)NC(c3ccccc3)=N1)c1ccccc21. The van der Waals surface area contributed by atoms with E-state index < -0.39 is 11.6 Å². The fourth-order valence-corrected chi connectivity index (χ4v) is 8.39. The molecule has 1 heterocycles. The van der Waals surface area contributed by atoms with Crippen LogP contribution in [0.25, 0.3) is 33.0 Å². The van der Waals surface area contributed by atoms with Crippen molar-refractivity contribution < 1.29 is 0 Å². The monoisotopic (exact) mass is 614 g/mol. The van der Waals surface area contributed by atoms with Crippen molar-refractivity contribution in [1.82, 2.24) is 5.32 Å². The van der Waals surface area contributed by atoms with Gasteiger partial charge < -0.3 is 11.1 Å². The van der Waals surface area contributed by atoms with E-state index in [0.717, 1.165) is 45.0 Å². The number of nitrogens with two attached hydrogens (primary N) is 1. The molecule has 10 rings (SSSR count). The summed E-state index contributed by atoms with van der Waals surface area (Å²) < 4.78 is 0. The molecule has 2 aliphatic carbocycles. The minimum atomic E-state index is -0.531. The number of hydrogen-bond donors (Lipinski definition) is 2. The van der Waals surface area contributed by atoms with E-state index in [1.807, 2.05) is 18.2 Å².